The number of carbonyl (C=O) groups excluding carboxylic acids is 2. The van der Waals surface area contributed by atoms with Crippen molar-refractivity contribution in [2.24, 2.45) is 5.92 Å². The van der Waals surface area contributed by atoms with Crippen LogP contribution < -0.4 is 10.1 Å². The molecule has 4 rings (SSSR count). The molecule has 1 saturated carbocycles. The molecule has 2 aromatic rings. The Bertz CT molecular complexity index is 939. The van der Waals surface area contributed by atoms with E-state index in [4.69, 9.17) is 4.74 Å². The normalized spacial score (nSPS) is 18.7. The van der Waals surface area contributed by atoms with E-state index in [0.717, 1.165) is 24.5 Å². The molecule has 2 aromatic carbocycles. The summed E-state index contributed by atoms with van der Waals surface area (Å²) in [4.78, 5) is 26.5. The second-order valence-corrected chi connectivity index (χ2v) is 7.57. The fourth-order valence-electron chi connectivity index (χ4n) is 3.49. The Morgan fingerprint density at radius 3 is 2.55 bits per heavy atom. The Morgan fingerprint density at radius 1 is 1.17 bits per heavy atom. The van der Waals surface area contributed by atoms with E-state index in [1.54, 1.807) is 18.2 Å². The third-order valence-corrected chi connectivity index (χ3v) is 5.16. The minimum atomic E-state index is -0.684. The van der Waals surface area contributed by atoms with Crippen molar-refractivity contribution in [3.63, 3.8) is 0 Å². The fourth-order valence-corrected chi connectivity index (χ4v) is 3.49. The lowest BCUT2D eigenvalue weighted by atomic mass is 10.1. The highest BCUT2D eigenvalue weighted by Crippen LogP contribution is 2.33. The molecule has 152 valence electrons. The topological polar surface area (TPSA) is 58.6 Å². The second-order valence-electron chi connectivity index (χ2n) is 7.57. The van der Waals surface area contributed by atoms with Crippen molar-refractivity contribution in [1.29, 1.82) is 0 Å². The third-order valence-electron chi connectivity index (χ3n) is 5.16. The molecule has 0 aromatic heterocycles. The molecule has 1 N–H and O–H groups in total. The first-order valence-corrected chi connectivity index (χ1v) is 9.77. The summed E-state index contributed by atoms with van der Waals surface area (Å²) in [7, 11) is 0. The number of ether oxygens (including phenoxy) is 1. The van der Waals surface area contributed by atoms with Crippen molar-refractivity contribution in [2.75, 3.05) is 5.32 Å². The average Bonchev–Trinajstić information content (AvgIpc) is 3.51. The van der Waals surface area contributed by atoms with Crippen LogP contribution in [0.3, 0.4) is 0 Å². The van der Waals surface area contributed by atoms with Crippen molar-refractivity contribution < 1.29 is 23.1 Å². The van der Waals surface area contributed by atoms with Gasteiger partial charge in [-0.25, -0.2) is 8.78 Å². The van der Waals surface area contributed by atoms with E-state index in [2.05, 4.69) is 5.32 Å². The van der Waals surface area contributed by atoms with Gasteiger partial charge >= 0.3 is 0 Å². The summed E-state index contributed by atoms with van der Waals surface area (Å²) in [6.45, 7) is 2.12. The largest absolute Gasteiger partial charge is 0.480 e. The Morgan fingerprint density at radius 2 is 1.90 bits per heavy atom. The molecule has 0 bridgehead atoms. The zero-order valence-electron chi connectivity index (χ0n) is 16.1. The predicted molar refractivity (Wildman–Crippen MR) is 103 cm³/mol. The summed E-state index contributed by atoms with van der Waals surface area (Å²) in [6, 6.07) is 8.54. The highest BCUT2D eigenvalue weighted by atomic mass is 19.1. The maximum absolute atomic E-state index is 13.6. The van der Waals surface area contributed by atoms with Crippen molar-refractivity contribution in [3.05, 3.63) is 59.2 Å². The zero-order valence-corrected chi connectivity index (χ0v) is 16.1. The van der Waals surface area contributed by atoms with Crippen LogP contribution in [0.1, 0.15) is 37.3 Å². The molecule has 0 radical (unpaired) electrons. The van der Waals surface area contributed by atoms with Crippen LogP contribution in [-0.2, 0) is 22.7 Å². The van der Waals surface area contributed by atoms with Crippen LogP contribution >= 0.6 is 0 Å². The third kappa shape index (κ3) is 4.39. The monoisotopic (exact) mass is 400 g/mol. The summed E-state index contributed by atoms with van der Waals surface area (Å²) in [5.74, 6) is -0.962. The van der Waals surface area contributed by atoms with Gasteiger partial charge in [-0.3, -0.25) is 9.59 Å². The van der Waals surface area contributed by atoms with Gasteiger partial charge in [-0.15, -0.1) is 0 Å². The lowest BCUT2D eigenvalue weighted by Crippen LogP contribution is -2.38. The Hall–Kier alpha value is -2.96. The maximum atomic E-state index is 13.6. The molecule has 2 amide bonds. The Kier molecular flexibility index (Phi) is 5.22. The van der Waals surface area contributed by atoms with Crippen LogP contribution in [0, 0.1) is 17.6 Å². The number of anilines is 1. The number of rotatable bonds is 5. The maximum Gasteiger partial charge on any atom is 0.264 e. The van der Waals surface area contributed by atoms with Crippen LogP contribution in [0.2, 0.25) is 0 Å². The number of hydrogen-bond donors (Lipinski definition) is 1. The molecule has 29 heavy (non-hydrogen) atoms. The van der Waals surface area contributed by atoms with E-state index in [1.165, 1.54) is 17.0 Å². The van der Waals surface area contributed by atoms with E-state index >= 15 is 0 Å². The quantitative estimate of drug-likeness (QED) is 0.825. The second kappa shape index (κ2) is 7.81. The molecule has 0 spiro atoms. The number of nitrogens with zero attached hydrogens (tertiary/aromatic N) is 1. The summed E-state index contributed by atoms with van der Waals surface area (Å²) in [6.07, 6.45) is 1.60. The van der Waals surface area contributed by atoms with Crippen LogP contribution in [0.15, 0.2) is 36.4 Å². The van der Waals surface area contributed by atoms with E-state index in [0.29, 0.717) is 23.4 Å². The predicted octanol–water partition coefficient (Wildman–Crippen LogP) is 4.01. The van der Waals surface area contributed by atoms with Gasteiger partial charge < -0.3 is 15.0 Å². The Labute approximate surface area is 167 Å². The van der Waals surface area contributed by atoms with Gasteiger partial charge in [0.05, 0.1) is 0 Å². The van der Waals surface area contributed by atoms with Gasteiger partial charge in [0.25, 0.3) is 5.91 Å². The number of carbonyl (C=O) groups is 2. The van der Waals surface area contributed by atoms with Gasteiger partial charge in [0.1, 0.15) is 17.4 Å². The highest BCUT2D eigenvalue weighted by Gasteiger charge is 2.32. The lowest BCUT2D eigenvalue weighted by molar-refractivity contribution is -0.139. The van der Waals surface area contributed by atoms with Gasteiger partial charge in [0, 0.05) is 36.3 Å². The van der Waals surface area contributed by atoms with E-state index in [1.807, 2.05) is 6.92 Å². The first kappa shape index (κ1) is 19.4. The molecule has 1 heterocycles. The average molecular weight is 400 g/mol. The van der Waals surface area contributed by atoms with Gasteiger partial charge in [-0.2, -0.15) is 0 Å². The summed E-state index contributed by atoms with van der Waals surface area (Å²) in [5, 5.41) is 2.89. The number of amides is 2. The van der Waals surface area contributed by atoms with Crippen LogP contribution in [-0.4, -0.2) is 22.8 Å². The lowest BCUT2D eigenvalue weighted by Gasteiger charge is -2.23. The standard InChI is InChI=1S/C22H22F2N2O3/c1-2-19-22(28)26(11-13-7-16(23)10-17(24)8-13)12-15-9-18(5-6-20(15)29-19)25-21(27)14-3-4-14/h5-10,14,19H,2-4,11-12H2,1H3,(H,25,27)/t19-/m0/s1. The molecule has 1 aliphatic carbocycles. The van der Waals surface area contributed by atoms with Gasteiger partial charge in [0.15, 0.2) is 6.10 Å². The fraction of sp³-hybridized carbons (Fsp3) is 0.364. The number of hydrogen-bond acceptors (Lipinski definition) is 3. The smallest absolute Gasteiger partial charge is 0.264 e. The first-order valence-electron chi connectivity index (χ1n) is 9.77. The van der Waals surface area contributed by atoms with Crippen LogP contribution in [0.25, 0.3) is 0 Å². The molecule has 1 fully saturated rings. The Balaban J connectivity index is 1.61. The van der Waals surface area contributed by atoms with E-state index < -0.39 is 17.7 Å². The molecular weight excluding hydrogens is 378 g/mol. The molecule has 5 nitrogen and oxygen atoms in total. The molecule has 1 aliphatic heterocycles. The van der Waals surface area contributed by atoms with Gasteiger partial charge in [0.2, 0.25) is 5.91 Å². The van der Waals surface area contributed by atoms with Crippen molar-refractivity contribution in [3.8, 4) is 5.75 Å². The van der Waals surface area contributed by atoms with E-state index in [-0.39, 0.29) is 30.8 Å². The number of halogens is 2. The van der Waals surface area contributed by atoms with Gasteiger partial charge in [-0.05, 0) is 55.2 Å². The molecule has 0 saturated heterocycles. The zero-order chi connectivity index (χ0) is 20.5. The summed E-state index contributed by atoms with van der Waals surface area (Å²) >= 11 is 0. The molecule has 0 unspecified atom stereocenters. The van der Waals surface area contributed by atoms with Crippen molar-refractivity contribution >= 4 is 17.5 Å². The van der Waals surface area contributed by atoms with Crippen LogP contribution in [0.5, 0.6) is 5.75 Å². The van der Waals surface area contributed by atoms with Crippen molar-refractivity contribution in [2.45, 2.75) is 45.4 Å². The summed E-state index contributed by atoms with van der Waals surface area (Å²) in [5.41, 5.74) is 1.75. The van der Waals surface area contributed by atoms with Gasteiger partial charge in [-0.1, -0.05) is 6.92 Å². The first-order chi connectivity index (χ1) is 13.9. The number of benzene rings is 2. The molecule has 1 atom stereocenters. The molecule has 2 aliphatic rings. The minimum Gasteiger partial charge on any atom is -0.480 e. The number of nitrogens with one attached hydrogen (secondary N) is 1. The van der Waals surface area contributed by atoms with Crippen LogP contribution in [0.4, 0.5) is 14.5 Å². The SMILES string of the molecule is CC[C@@H]1Oc2ccc(NC(=O)C3CC3)cc2CN(Cc2cc(F)cc(F)c2)C1=O. The number of fused-ring (bicyclic) bond motifs is 1. The van der Waals surface area contributed by atoms with Crippen molar-refractivity contribution in [1.82, 2.24) is 4.90 Å². The highest BCUT2D eigenvalue weighted by molar-refractivity contribution is 5.94. The minimum absolute atomic E-state index is 0.00547. The van der Waals surface area contributed by atoms with E-state index in [9.17, 15) is 18.4 Å². The molecule has 7 heteroatoms. The summed E-state index contributed by atoms with van der Waals surface area (Å²) < 4.78 is 33.1. The molecular formula is C22H22F2N2O3.